The van der Waals surface area contributed by atoms with Crippen molar-refractivity contribution in [3.8, 4) is 0 Å². The van der Waals surface area contributed by atoms with Crippen LogP contribution >= 0.6 is 0 Å². The molecule has 1 amide bonds. The van der Waals surface area contributed by atoms with Gasteiger partial charge in [0, 0.05) is 38.2 Å². The van der Waals surface area contributed by atoms with Crippen molar-refractivity contribution < 1.29 is 4.79 Å². The second-order valence-electron chi connectivity index (χ2n) is 5.84. The lowest BCUT2D eigenvalue weighted by Gasteiger charge is -2.17. The van der Waals surface area contributed by atoms with Crippen LogP contribution < -0.4 is 15.5 Å². The van der Waals surface area contributed by atoms with Gasteiger partial charge < -0.3 is 15.5 Å². The lowest BCUT2D eigenvalue weighted by Crippen LogP contribution is -2.30. The number of rotatable bonds is 6. The fourth-order valence-corrected chi connectivity index (χ4v) is 2.62. The molecule has 1 saturated heterocycles. The molecule has 1 aromatic rings. The summed E-state index contributed by atoms with van der Waals surface area (Å²) >= 11 is 0. The van der Waals surface area contributed by atoms with Gasteiger partial charge in [0.2, 0.25) is 5.91 Å². The average molecular weight is 289 g/mol. The van der Waals surface area contributed by atoms with E-state index in [-0.39, 0.29) is 11.8 Å². The molecule has 2 aliphatic rings. The summed E-state index contributed by atoms with van der Waals surface area (Å²) in [4.78, 5) is 22.7. The minimum absolute atomic E-state index is 0.188. The van der Waals surface area contributed by atoms with Crippen LogP contribution in [0.4, 0.5) is 11.6 Å². The Bertz CT molecular complexity index is 509. The number of hydrogen-bond acceptors (Lipinski definition) is 5. The van der Waals surface area contributed by atoms with Crippen molar-refractivity contribution >= 4 is 17.5 Å². The fourth-order valence-electron chi connectivity index (χ4n) is 2.62. The van der Waals surface area contributed by atoms with Crippen LogP contribution in [-0.4, -0.2) is 42.1 Å². The van der Waals surface area contributed by atoms with Crippen molar-refractivity contribution in [3.63, 3.8) is 0 Å². The zero-order valence-electron chi connectivity index (χ0n) is 12.6. The van der Waals surface area contributed by atoms with Crippen LogP contribution in [0.15, 0.2) is 6.07 Å². The summed E-state index contributed by atoms with van der Waals surface area (Å²) < 4.78 is 0. The maximum atomic E-state index is 11.5. The highest BCUT2D eigenvalue weighted by molar-refractivity contribution is 5.80. The molecule has 2 fully saturated rings. The third-order valence-corrected chi connectivity index (χ3v) is 3.93. The van der Waals surface area contributed by atoms with Crippen LogP contribution in [0, 0.1) is 12.8 Å². The van der Waals surface area contributed by atoms with Gasteiger partial charge in [-0.25, -0.2) is 9.97 Å². The van der Waals surface area contributed by atoms with Gasteiger partial charge in [-0.05, 0) is 32.6 Å². The van der Waals surface area contributed by atoms with Crippen LogP contribution in [0.3, 0.4) is 0 Å². The zero-order valence-corrected chi connectivity index (χ0v) is 12.6. The standard InChI is InChI=1S/C15H23N5O/c1-11-18-13(10-14(19-11)20-8-2-3-9-20)16-6-7-17-15(21)12-4-5-12/h10,12H,2-9H2,1H3,(H,17,21)(H,16,18,19). The van der Waals surface area contributed by atoms with E-state index in [4.69, 9.17) is 0 Å². The van der Waals surface area contributed by atoms with Gasteiger partial charge in [0.15, 0.2) is 0 Å². The number of amides is 1. The number of carbonyl (C=O) groups excluding carboxylic acids is 1. The van der Waals surface area contributed by atoms with Gasteiger partial charge in [-0.3, -0.25) is 4.79 Å². The molecule has 3 rings (SSSR count). The van der Waals surface area contributed by atoms with E-state index in [0.29, 0.717) is 13.1 Å². The Morgan fingerprint density at radius 2 is 2.05 bits per heavy atom. The second-order valence-corrected chi connectivity index (χ2v) is 5.84. The zero-order chi connectivity index (χ0) is 14.7. The van der Waals surface area contributed by atoms with E-state index < -0.39 is 0 Å². The molecule has 21 heavy (non-hydrogen) atoms. The molecular formula is C15H23N5O. The lowest BCUT2D eigenvalue weighted by atomic mass is 10.4. The SMILES string of the molecule is Cc1nc(NCCNC(=O)C2CC2)cc(N2CCCC2)n1. The highest BCUT2D eigenvalue weighted by Gasteiger charge is 2.28. The number of carbonyl (C=O) groups is 1. The van der Waals surface area contributed by atoms with Crippen molar-refractivity contribution in [2.24, 2.45) is 5.92 Å². The van der Waals surface area contributed by atoms with Crippen LogP contribution in [0.2, 0.25) is 0 Å². The van der Waals surface area contributed by atoms with Crippen molar-refractivity contribution in [3.05, 3.63) is 11.9 Å². The van der Waals surface area contributed by atoms with Gasteiger partial charge >= 0.3 is 0 Å². The van der Waals surface area contributed by atoms with Crippen LogP contribution in [0.25, 0.3) is 0 Å². The maximum absolute atomic E-state index is 11.5. The summed E-state index contributed by atoms with van der Waals surface area (Å²) in [6.45, 7) is 5.39. The van der Waals surface area contributed by atoms with E-state index in [1.165, 1.54) is 12.8 Å². The Hall–Kier alpha value is -1.85. The molecule has 6 nitrogen and oxygen atoms in total. The average Bonchev–Trinajstić information content (AvgIpc) is 3.17. The smallest absolute Gasteiger partial charge is 0.223 e. The molecule has 2 N–H and O–H groups in total. The molecule has 1 aromatic heterocycles. The van der Waals surface area contributed by atoms with E-state index >= 15 is 0 Å². The minimum Gasteiger partial charge on any atom is -0.368 e. The largest absolute Gasteiger partial charge is 0.368 e. The first-order valence-corrected chi connectivity index (χ1v) is 7.84. The first-order chi connectivity index (χ1) is 10.2. The maximum Gasteiger partial charge on any atom is 0.223 e. The Morgan fingerprint density at radius 1 is 1.29 bits per heavy atom. The number of nitrogens with one attached hydrogen (secondary N) is 2. The third kappa shape index (κ3) is 3.83. The van der Waals surface area contributed by atoms with Crippen LogP contribution in [-0.2, 0) is 4.79 Å². The van der Waals surface area contributed by atoms with E-state index in [1.54, 1.807) is 0 Å². The van der Waals surface area contributed by atoms with Gasteiger partial charge in [0.05, 0.1) is 0 Å². The molecular weight excluding hydrogens is 266 g/mol. The molecule has 2 heterocycles. The number of aryl methyl sites for hydroxylation is 1. The molecule has 114 valence electrons. The molecule has 1 aliphatic carbocycles. The summed E-state index contributed by atoms with van der Waals surface area (Å²) in [6.07, 6.45) is 4.56. The predicted molar refractivity (Wildman–Crippen MR) is 82.4 cm³/mol. The fraction of sp³-hybridized carbons (Fsp3) is 0.667. The van der Waals surface area contributed by atoms with E-state index in [1.807, 2.05) is 13.0 Å². The van der Waals surface area contributed by atoms with Crippen LogP contribution in [0.1, 0.15) is 31.5 Å². The molecule has 0 bridgehead atoms. The monoisotopic (exact) mass is 289 g/mol. The van der Waals surface area contributed by atoms with E-state index in [0.717, 1.165) is 43.4 Å². The minimum atomic E-state index is 0.188. The highest BCUT2D eigenvalue weighted by atomic mass is 16.2. The van der Waals surface area contributed by atoms with E-state index in [2.05, 4.69) is 25.5 Å². The summed E-state index contributed by atoms with van der Waals surface area (Å²) in [5.41, 5.74) is 0. The highest BCUT2D eigenvalue weighted by Crippen LogP contribution is 2.28. The Morgan fingerprint density at radius 3 is 2.76 bits per heavy atom. The Labute approximate surface area is 125 Å². The van der Waals surface area contributed by atoms with E-state index in [9.17, 15) is 4.79 Å². The van der Waals surface area contributed by atoms with Crippen LogP contribution in [0.5, 0.6) is 0 Å². The summed E-state index contributed by atoms with van der Waals surface area (Å²) in [5.74, 6) is 3.08. The number of hydrogen-bond donors (Lipinski definition) is 2. The Balaban J connectivity index is 1.50. The summed E-state index contributed by atoms with van der Waals surface area (Å²) in [6, 6.07) is 2.00. The molecule has 0 spiro atoms. The third-order valence-electron chi connectivity index (χ3n) is 3.93. The number of nitrogens with zero attached hydrogens (tertiary/aromatic N) is 3. The topological polar surface area (TPSA) is 70.2 Å². The summed E-state index contributed by atoms with van der Waals surface area (Å²) in [7, 11) is 0. The molecule has 0 atom stereocenters. The van der Waals surface area contributed by atoms with Crippen molar-refractivity contribution in [2.75, 3.05) is 36.4 Å². The number of aromatic nitrogens is 2. The van der Waals surface area contributed by atoms with Gasteiger partial charge in [0.1, 0.15) is 17.5 Å². The molecule has 1 aliphatic heterocycles. The predicted octanol–water partition coefficient (Wildman–Crippen LogP) is 1.32. The first kappa shape index (κ1) is 14.1. The number of anilines is 2. The van der Waals surface area contributed by atoms with Crippen molar-refractivity contribution in [2.45, 2.75) is 32.6 Å². The molecule has 0 unspecified atom stereocenters. The van der Waals surface area contributed by atoms with Gasteiger partial charge in [-0.2, -0.15) is 0 Å². The quantitative estimate of drug-likeness (QED) is 0.773. The van der Waals surface area contributed by atoms with Gasteiger partial charge in [-0.15, -0.1) is 0 Å². The lowest BCUT2D eigenvalue weighted by molar-refractivity contribution is -0.122. The molecule has 1 saturated carbocycles. The second kappa shape index (κ2) is 6.28. The van der Waals surface area contributed by atoms with Gasteiger partial charge in [-0.1, -0.05) is 0 Å². The summed E-state index contributed by atoms with van der Waals surface area (Å²) in [5, 5.41) is 6.22. The molecule has 6 heteroatoms. The Kier molecular flexibility index (Phi) is 4.22. The van der Waals surface area contributed by atoms with Crippen molar-refractivity contribution in [1.29, 1.82) is 0 Å². The van der Waals surface area contributed by atoms with Crippen molar-refractivity contribution in [1.82, 2.24) is 15.3 Å². The normalized spacial score (nSPS) is 17.9. The first-order valence-electron chi connectivity index (χ1n) is 7.84. The molecule has 0 aromatic carbocycles. The van der Waals surface area contributed by atoms with Gasteiger partial charge in [0.25, 0.3) is 0 Å². The molecule has 0 radical (unpaired) electrons.